The fraction of sp³-hybridized carbons (Fsp3) is 0.900. The minimum Gasteiger partial charge on any atom is -0.465 e. The number of hydrogen-bond donors (Lipinski definition) is 2. The molecule has 1 rings (SSSR count). The number of carbonyl (C=O) groups is 1. The molecule has 0 aromatic carbocycles. The van der Waals surface area contributed by atoms with Crippen LogP contribution in [0.5, 0.6) is 0 Å². The summed E-state index contributed by atoms with van der Waals surface area (Å²) in [4.78, 5) is 12.7. The minimum absolute atomic E-state index is 0.104. The Labute approximate surface area is 85.3 Å². The van der Waals surface area contributed by atoms with Gasteiger partial charge in [0, 0.05) is 12.1 Å². The minimum atomic E-state index is -0.821. The number of nitrogens with zero attached hydrogens (tertiary/aromatic N) is 1. The van der Waals surface area contributed by atoms with Gasteiger partial charge in [0.1, 0.15) is 0 Å². The lowest BCUT2D eigenvalue weighted by Crippen LogP contribution is -2.53. The summed E-state index contributed by atoms with van der Waals surface area (Å²) in [5, 5.41) is 12.4. The van der Waals surface area contributed by atoms with Crippen LogP contribution in [0.4, 0.5) is 4.79 Å². The van der Waals surface area contributed by atoms with E-state index < -0.39 is 6.09 Å². The lowest BCUT2D eigenvalue weighted by molar-refractivity contribution is 0.0644. The van der Waals surface area contributed by atoms with Crippen LogP contribution in [0.3, 0.4) is 0 Å². The van der Waals surface area contributed by atoms with Gasteiger partial charge in [-0.15, -0.1) is 0 Å². The van der Waals surface area contributed by atoms with Gasteiger partial charge in [0.25, 0.3) is 0 Å². The topological polar surface area (TPSA) is 52.6 Å². The van der Waals surface area contributed by atoms with E-state index in [0.717, 1.165) is 13.1 Å². The van der Waals surface area contributed by atoms with Crippen molar-refractivity contribution in [2.45, 2.75) is 39.3 Å². The zero-order valence-corrected chi connectivity index (χ0v) is 9.37. The molecule has 0 radical (unpaired) electrons. The molecule has 0 spiro atoms. The average Bonchev–Trinajstić information content (AvgIpc) is 2.32. The van der Waals surface area contributed by atoms with E-state index in [2.05, 4.69) is 12.2 Å². The Hall–Kier alpha value is -0.770. The van der Waals surface area contributed by atoms with Crippen LogP contribution >= 0.6 is 0 Å². The molecule has 82 valence electrons. The smallest absolute Gasteiger partial charge is 0.408 e. The first-order valence-electron chi connectivity index (χ1n) is 5.07. The number of carboxylic acid groups (broad SMARTS) is 1. The SMILES string of the molecule is C[C@@H]1CNC[C@@H]1N(C(=O)O)C(C)(C)C. The zero-order chi connectivity index (χ0) is 10.9. The van der Waals surface area contributed by atoms with Gasteiger partial charge in [0.05, 0.1) is 6.04 Å². The summed E-state index contributed by atoms with van der Waals surface area (Å²) in [6.07, 6.45) is -0.821. The summed E-state index contributed by atoms with van der Waals surface area (Å²) in [6.45, 7) is 9.58. The van der Waals surface area contributed by atoms with Crippen LogP contribution in [0.15, 0.2) is 0 Å². The molecule has 4 nitrogen and oxygen atoms in total. The molecule has 0 aliphatic carbocycles. The van der Waals surface area contributed by atoms with Crippen LogP contribution in [0.1, 0.15) is 27.7 Å². The molecule has 4 heteroatoms. The molecule has 14 heavy (non-hydrogen) atoms. The molecular weight excluding hydrogens is 180 g/mol. The fourth-order valence-electron chi connectivity index (χ4n) is 2.07. The van der Waals surface area contributed by atoms with Gasteiger partial charge in [-0.1, -0.05) is 6.92 Å². The molecule has 1 aliphatic heterocycles. The summed E-state index contributed by atoms with van der Waals surface area (Å²) in [7, 11) is 0. The number of rotatable bonds is 1. The normalized spacial score (nSPS) is 27.7. The molecule has 1 aliphatic rings. The van der Waals surface area contributed by atoms with E-state index in [9.17, 15) is 9.90 Å². The zero-order valence-electron chi connectivity index (χ0n) is 9.37. The maximum Gasteiger partial charge on any atom is 0.408 e. The Bertz CT molecular complexity index is 223. The maximum absolute atomic E-state index is 11.2. The van der Waals surface area contributed by atoms with Gasteiger partial charge in [-0.05, 0) is 33.2 Å². The molecular formula is C10H20N2O2. The molecule has 0 aromatic rings. The molecule has 0 unspecified atom stereocenters. The second-order valence-electron chi connectivity index (χ2n) is 5.03. The van der Waals surface area contributed by atoms with Crippen molar-refractivity contribution in [1.29, 1.82) is 0 Å². The maximum atomic E-state index is 11.2. The van der Waals surface area contributed by atoms with Gasteiger partial charge in [-0.3, -0.25) is 4.90 Å². The van der Waals surface area contributed by atoms with Gasteiger partial charge < -0.3 is 10.4 Å². The standard InChI is InChI=1S/C10H20N2O2/c1-7-5-11-6-8(7)12(9(13)14)10(2,3)4/h7-8,11H,5-6H2,1-4H3,(H,13,14)/t7-,8+/m1/s1. The second kappa shape index (κ2) is 3.77. The van der Waals surface area contributed by atoms with E-state index in [1.54, 1.807) is 4.90 Å². The Balaban J connectivity index is 2.83. The van der Waals surface area contributed by atoms with Crippen molar-refractivity contribution >= 4 is 6.09 Å². The molecule has 2 atom stereocenters. The van der Waals surface area contributed by atoms with E-state index in [0.29, 0.717) is 5.92 Å². The van der Waals surface area contributed by atoms with Crippen molar-refractivity contribution < 1.29 is 9.90 Å². The second-order valence-corrected chi connectivity index (χ2v) is 5.03. The third kappa shape index (κ3) is 2.18. The van der Waals surface area contributed by atoms with Gasteiger partial charge in [-0.25, -0.2) is 4.79 Å². The fourth-order valence-corrected chi connectivity index (χ4v) is 2.07. The average molecular weight is 200 g/mol. The van der Waals surface area contributed by atoms with E-state index in [4.69, 9.17) is 0 Å². The van der Waals surface area contributed by atoms with E-state index in [1.807, 2.05) is 20.8 Å². The molecule has 0 saturated carbocycles. The Morgan fingerprint density at radius 2 is 2.00 bits per heavy atom. The van der Waals surface area contributed by atoms with Crippen molar-refractivity contribution in [3.05, 3.63) is 0 Å². The van der Waals surface area contributed by atoms with E-state index in [-0.39, 0.29) is 11.6 Å². The first-order valence-corrected chi connectivity index (χ1v) is 5.07. The molecule has 0 bridgehead atoms. The first kappa shape index (κ1) is 11.3. The van der Waals surface area contributed by atoms with Crippen LogP contribution in [0.2, 0.25) is 0 Å². The van der Waals surface area contributed by atoms with Crippen molar-refractivity contribution in [1.82, 2.24) is 10.2 Å². The summed E-state index contributed by atoms with van der Waals surface area (Å²) in [6, 6.07) is 0.104. The molecule has 1 saturated heterocycles. The van der Waals surface area contributed by atoms with E-state index in [1.165, 1.54) is 0 Å². The highest BCUT2D eigenvalue weighted by atomic mass is 16.4. The van der Waals surface area contributed by atoms with Crippen molar-refractivity contribution in [2.24, 2.45) is 5.92 Å². The largest absolute Gasteiger partial charge is 0.465 e. The third-order valence-electron chi connectivity index (χ3n) is 2.74. The molecule has 1 fully saturated rings. The Kier molecular flexibility index (Phi) is 3.04. The number of nitrogens with one attached hydrogen (secondary N) is 1. The summed E-state index contributed by atoms with van der Waals surface area (Å²) in [5.41, 5.74) is -0.323. The van der Waals surface area contributed by atoms with Crippen molar-refractivity contribution in [3.63, 3.8) is 0 Å². The quantitative estimate of drug-likeness (QED) is 0.672. The van der Waals surface area contributed by atoms with Gasteiger partial charge >= 0.3 is 6.09 Å². The Morgan fingerprint density at radius 3 is 2.29 bits per heavy atom. The van der Waals surface area contributed by atoms with E-state index >= 15 is 0 Å². The Morgan fingerprint density at radius 1 is 1.43 bits per heavy atom. The van der Waals surface area contributed by atoms with Gasteiger partial charge in [-0.2, -0.15) is 0 Å². The highest BCUT2D eigenvalue weighted by molar-refractivity contribution is 5.66. The van der Waals surface area contributed by atoms with Gasteiger partial charge in [0.15, 0.2) is 0 Å². The lowest BCUT2D eigenvalue weighted by Gasteiger charge is -2.39. The summed E-state index contributed by atoms with van der Waals surface area (Å²) < 4.78 is 0. The third-order valence-corrected chi connectivity index (χ3v) is 2.74. The van der Waals surface area contributed by atoms with Crippen LogP contribution < -0.4 is 5.32 Å². The van der Waals surface area contributed by atoms with Crippen molar-refractivity contribution in [3.8, 4) is 0 Å². The van der Waals surface area contributed by atoms with Crippen LogP contribution in [-0.4, -0.2) is 40.8 Å². The van der Waals surface area contributed by atoms with Crippen LogP contribution in [-0.2, 0) is 0 Å². The van der Waals surface area contributed by atoms with Crippen molar-refractivity contribution in [2.75, 3.05) is 13.1 Å². The highest BCUT2D eigenvalue weighted by Crippen LogP contribution is 2.24. The first-order chi connectivity index (χ1) is 6.34. The molecule has 0 aromatic heterocycles. The van der Waals surface area contributed by atoms with Crippen LogP contribution in [0.25, 0.3) is 0 Å². The monoisotopic (exact) mass is 200 g/mol. The number of amides is 1. The van der Waals surface area contributed by atoms with Crippen LogP contribution in [0, 0.1) is 5.92 Å². The summed E-state index contributed by atoms with van der Waals surface area (Å²) in [5.74, 6) is 0.394. The predicted molar refractivity (Wildman–Crippen MR) is 55.4 cm³/mol. The summed E-state index contributed by atoms with van der Waals surface area (Å²) >= 11 is 0. The molecule has 1 amide bonds. The highest BCUT2D eigenvalue weighted by Gasteiger charge is 2.38. The molecule has 2 N–H and O–H groups in total. The van der Waals surface area contributed by atoms with Gasteiger partial charge in [0.2, 0.25) is 0 Å². The predicted octanol–water partition coefficient (Wildman–Crippen LogP) is 1.37. The number of hydrogen-bond acceptors (Lipinski definition) is 2. The lowest BCUT2D eigenvalue weighted by atomic mass is 9.98. The molecule has 1 heterocycles.